The van der Waals surface area contributed by atoms with E-state index in [0.29, 0.717) is 5.02 Å². The molecule has 2 heterocycles. The minimum atomic E-state index is -0.0672. The number of piperazine rings is 1. The summed E-state index contributed by atoms with van der Waals surface area (Å²) in [4.78, 5) is 20.8. The van der Waals surface area contributed by atoms with Crippen molar-refractivity contribution in [1.29, 1.82) is 0 Å². The average molecular weight is 348 g/mol. The molecular formula is C17H22ClN5O. The van der Waals surface area contributed by atoms with E-state index in [9.17, 15) is 4.79 Å². The van der Waals surface area contributed by atoms with E-state index in [4.69, 9.17) is 11.6 Å². The number of aryl methyl sites for hydroxylation is 1. The normalized spacial score (nSPS) is 15.5. The molecular weight excluding hydrogens is 326 g/mol. The Hall–Kier alpha value is -2.05. The predicted octanol–water partition coefficient (Wildman–Crippen LogP) is 2.69. The van der Waals surface area contributed by atoms with E-state index in [-0.39, 0.29) is 6.03 Å². The summed E-state index contributed by atoms with van der Waals surface area (Å²) in [6, 6.07) is 7.14. The van der Waals surface area contributed by atoms with Gasteiger partial charge in [-0.05, 0) is 25.1 Å². The Kier molecular flexibility index (Phi) is 5.37. The Bertz CT molecular complexity index is 694. The van der Waals surface area contributed by atoms with E-state index in [1.54, 1.807) is 12.1 Å². The number of nitrogens with one attached hydrogen (secondary N) is 1. The van der Waals surface area contributed by atoms with Gasteiger partial charge in [0, 0.05) is 62.4 Å². The van der Waals surface area contributed by atoms with Gasteiger partial charge in [-0.2, -0.15) is 0 Å². The van der Waals surface area contributed by atoms with Crippen LogP contribution in [0.1, 0.15) is 5.82 Å². The third-order valence-electron chi connectivity index (χ3n) is 4.32. The van der Waals surface area contributed by atoms with E-state index in [0.717, 1.165) is 50.8 Å². The number of anilines is 1. The molecule has 1 fully saturated rings. The van der Waals surface area contributed by atoms with Crippen LogP contribution in [-0.4, -0.2) is 58.1 Å². The van der Waals surface area contributed by atoms with Gasteiger partial charge in [0.15, 0.2) is 0 Å². The molecule has 1 N–H and O–H groups in total. The summed E-state index contributed by atoms with van der Waals surface area (Å²) < 4.78 is 2.15. The standard InChI is InChI=1S/C17H22ClN5O/c1-14-19-5-6-22(14)10-7-21-8-11-23(12-9-21)17(24)20-16-4-2-3-15(18)13-16/h2-6,13H,7-12H2,1H3,(H,20,24). The van der Waals surface area contributed by atoms with Crippen molar-refractivity contribution in [2.75, 3.05) is 38.0 Å². The van der Waals surface area contributed by atoms with Crippen LogP contribution in [0, 0.1) is 6.92 Å². The molecule has 0 unspecified atom stereocenters. The largest absolute Gasteiger partial charge is 0.334 e. The minimum Gasteiger partial charge on any atom is -0.334 e. The van der Waals surface area contributed by atoms with Gasteiger partial charge in [-0.3, -0.25) is 4.90 Å². The van der Waals surface area contributed by atoms with Crippen LogP contribution in [0.4, 0.5) is 10.5 Å². The number of amides is 2. The maximum Gasteiger partial charge on any atom is 0.321 e. The molecule has 128 valence electrons. The van der Waals surface area contributed by atoms with E-state index in [1.807, 2.05) is 36.4 Å². The van der Waals surface area contributed by atoms with Crippen molar-refractivity contribution in [3.05, 3.63) is 47.5 Å². The average Bonchev–Trinajstić information content (AvgIpc) is 2.98. The number of halogens is 1. The number of nitrogens with zero attached hydrogens (tertiary/aromatic N) is 4. The van der Waals surface area contributed by atoms with Crippen LogP contribution in [0.3, 0.4) is 0 Å². The van der Waals surface area contributed by atoms with Crippen molar-refractivity contribution in [3.8, 4) is 0 Å². The molecule has 1 aliphatic rings. The SMILES string of the molecule is Cc1nccn1CCN1CCN(C(=O)Nc2cccc(Cl)c2)CC1. The highest BCUT2D eigenvalue weighted by Crippen LogP contribution is 2.15. The van der Waals surface area contributed by atoms with Gasteiger partial charge in [0.05, 0.1) is 0 Å². The first-order valence-corrected chi connectivity index (χ1v) is 8.51. The van der Waals surface area contributed by atoms with Gasteiger partial charge in [0.2, 0.25) is 0 Å². The van der Waals surface area contributed by atoms with Crippen LogP contribution in [0.15, 0.2) is 36.7 Å². The summed E-state index contributed by atoms with van der Waals surface area (Å²) in [5.41, 5.74) is 0.727. The third-order valence-corrected chi connectivity index (χ3v) is 4.55. The lowest BCUT2D eigenvalue weighted by Crippen LogP contribution is -2.50. The summed E-state index contributed by atoms with van der Waals surface area (Å²) in [6.45, 7) is 7.15. The molecule has 6 nitrogen and oxygen atoms in total. The zero-order valence-corrected chi connectivity index (χ0v) is 14.5. The minimum absolute atomic E-state index is 0.0672. The molecule has 2 amide bonds. The van der Waals surface area contributed by atoms with E-state index < -0.39 is 0 Å². The maximum atomic E-state index is 12.3. The number of urea groups is 1. The molecule has 0 bridgehead atoms. The van der Waals surface area contributed by atoms with Crippen LogP contribution >= 0.6 is 11.6 Å². The number of hydrogen-bond donors (Lipinski definition) is 1. The van der Waals surface area contributed by atoms with Gasteiger partial charge in [0.25, 0.3) is 0 Å². The number of benzene rings is 1. The van der Waals surface area contributed by atoms with E-state index in [1.165, 1.54) is 0 Å². The quantitative estimate of drug-likeness (QED) is 0.925. The lowest BCUT2D eigenvalue weighted by molar-refractivity contribution is 0.144. The van der Waals surface area contributed by atoms with Crippen molar-refractivity contribution in [3.63, 3.8) is 0 Å². The molecule has 0 radical (unpaired) electrons. The number of aromatic nitrogens is 2. The lowest BCUT2D eigenvalue weighted by atomic mass is 10.3. The summed E-state index contributed by atoms with van der Waals surface area (Å²) >= 11 is 5.94. The zero-order valence-electron chi connectivity index (χ0n) is 13.8. The summed E-state index contributed by atoms with van der Waals surface area (Å²) in [6.07, 6.45) is 3.83. The highest BCUT2D eigenvalue weighted by molar-refractivity contribution is 6.30. The van der Waals surface area contributed by atoms with E-state index in [2.05, 4.69) is 19.8 Å². The van der Waals surface area contributed by atoms with Crippen LogP contribution in [0.25, 0.3) is 0 Å². The fraction of sp³-hybridized carbons (Fsp3) is 0.412. The lowest BCUT2D eigenvalue weighted by Gasteiger charge is -2.34. The molecule has 7 heteroatoms. The van der Waals surface area contributed by atoms with Crippen molar-refractivity contribution in [1.82, 2.24) is 19.4 Å². The van der Waals surface area contributed by atoms with Crippen molar-refractivity contribution in [2.24, 2.45) is 0 Å². The first kappa shape index (κ1) is 16.8. The molecule has 0 aliphatic carbocycles. The fourth-order valence-electron chi connectivity index (χ4n) is 2.83. The molecule has 0 atom stereocenters. The summed E-state index contributed by atoms with van der Waals surface area (Å²) in [5, 5.41) is 3.52. The van der Waals surface area contributed by atoms with E-state index >= 15 is 0 Å². The molecule has 1 aromatic carbocycles. The van der Waals surface area contributed by atoms with Gasteiger partial charge in [0.1, 0.15) is 5.82 Å². The number of rotatable bonds is 4. The topological polar surface area (TPSA) is 53.4 Å². The molecule has 1 aromatic heterocycles. The molecule has 1 aliphatic heterocycles. The van der Waals surface area contributed by atoms with Gasteiger partial charge in [-0.25, -0.2) is 9.78 Å². The number of carbonyl (C=O) groups is 1. The fourth-order valence-corrected chi connectivity index (χ4v) is 3.02. The van der Waals surface area contributed by atoms with Crippen molar-refractivity contribution in [2.45, 2.75) is 13.5 Å². The molecule has 1 saturated heterocycles. The van der Waals surface area contributed by atoms with Gasteiger partial charge in [-0.15, -0.1) is 0 Å². The number of imidazole rings is 1. The maximum absolute atomic E-state index is 12.3. The Labute approximate surface area is 147 Å². The van der Waals surface area contributed by atoms with Crippen molar-refractivity contribution >= 4 is 23.3 Å². The highest BCUT2D eigenvalue weighted by Gasteiger charge is 2.21. The second-order valence-corrected chi connectivity index (χ2v) is 6.37. The first-order chi connectivity index (χ1) is 11.6. The van der Waals surface area contributed by atoms with Gasteiger partial charge < -0.3 is 14.8 Å². The van der Waals surface area contributed by atoms with Crippen LogP contribution in [-0.2, 0) is 6.54 Å². The summed E-state index contributed by atoms with van der Waals surface area (Å²) in [5.74, 6) is 1.04. The number of carbonyl (C=O) groups excluding carboxylic acids is 1. The van der Waals surface area contributed by atoms with Crippen LogP contribution in [0.2, 0.25) is 5.02 Å². The van der Waals surface area contributed by atoms with Crippen LogP contribution in [0.5, 0.6) is 0 Å². The molecule has 3 rings (SSSR count). The zero-order chi connectivity index (χ0) is 16.9. The Morgan fingerprint density at radius 2 is 2.04 bits per heavy atom. The second-order valence-electron chi connectivity index (χ2n) is 5.94. The molecule has 0 spiro atoms. The molecule has 24 heavy (non-hydrogen) atoms. The van der Waals surface area contributed by atoms with Gasteiger partial charge in [-0.1, -0.05) is 17.7 Å². The Morgan fingerprint density at radius 1 is 1.25 bits per heavy atom. The number of hydrogen-bond acceptors (Lipinski definition) is 3. The third kappa shape index (κ3) is 4.27. The first-order valence-electron chi connectivity index (χ1n) is 8.13. The Morgan fingerprint density at radius 3 is 2.71 bits per heavy atom. The van der Waals surface area contributed by atoms with Crippen LogP contribution < -0.4 is 5.32 Å². The highest BCUT2D eigenvalue weighted by atomic mass is 35.5. The molecule has 0 saturated carbocycles. The summed E-state index contributed by atoms with van der Waals surface area (Å²) in [7, 11) is 0. The predicted molar refractivity (Wildman–Crippen MR) is 95.4 cm³/mol. The second kappa shape index (κ2) is 7.68. The van der Waals surface area contributed by atoms with Crippen molar-refractivity contribution < 1.29 is 4.79 Å². The Balaban J connectivity index is 1.44. The molecule has 2 aromatic rings. The van der Waals surface area contributed by atoms with Gasteiger partial charge >= 0.3 is 6.03 Å². The smallest absolute Gasteiger partial charge is 0.321 e. The monoisotopic (exact) mass is 347 g/mol.